The Morgan fingerprint density at radius 1 is 1.09 bits per heavy atom. The van der Waals surface area contributed by atoms with Crippen LogP contribution in [0.1, 0.15) is 21.6 Å². The largest absolute Gasteiger partial charge is 0.326 e. The van der Waals surface area contributed by atoms with Gasteiger partial charge < -0.3 is 11.5 Å². The van der Waals surface area contributed by atoms with Crippen molar-refractivity contribution in [2.24, 2.45) is 11.5 Å². The Balaban J connectivity index is 2.21. The molecule has 0 aliphatic carbocycles. The number of sulfonamides is 1. The molecule has 22 heavy (non-hydrogen) atoms. The molecule has 1 amide bonds. The predicted molar refractivity (Wildman–Crippen MR) is 81.1 cm³/mol. The second-order valence-corrected chi connectivity index (χ2v) is 6.21. The zero-order valence-electron chi connectivity index (χ0n) is 11.7. The van der Waals surface area contributed by atoms with E-state index in [9.17, 15) is 13.2 Å². The van der Waals surface area contributed by atoms with E-state index in [1.54, 1.807) is 12.1 Å². The molecule has 0 fully saturated rings. The molecule has 0 aliphatic rings. The van der Waals surface area contributed by atoms with E-state index in [0.717, 1.165) is 5.56 Å². The monoisotopic (exact) mass is 320 g/mol. The molecule has 116 valence electrons. The molecule has 5 N–H and O–H groups in total. The highest BCUT2D eigenvalue weighted by molar-refractivity contribution is 7.90. The van der Waals surface area contributed by atoms with Crippen molar-refractivity contribution in [2.45, 2.75) is 18.0 Å². The smallest absolute Gasteiger partial charge is 0.265 e. The molecule has 2 aromatic rings. The molecule has 0 bridgehead atoms. The van der Waals surface area contributed by atoms with Crippen molar-refractivity contribution in [1.29, 1.82) is 0 Å². The average molecular weight is 320 g/mol. The van der Waals surface area contributed by atoms with E-state index in [1.165, 1.54) is 30.5 Å². The predicted octanol–water partition coefficient (Wildman–Crippen LogP) is 0.118. The Hall–Kier alpha value is -2.29. The molecule has 1 aromatic carbocycles. The van der Waals surface area contributed by atoms with Crippen LogP contribution in [-0.4, -0.2) is 19.3 Å². The van der Waals surface area contributed by atoms with Gasteiger partial charge >= 0.3 is 0 Å². The van der Waals surface area contributed by atoms with Gasteiger partial charge in [-0.25, -0.2) is 13.1 Å². The third kappa shape index (κ3) is 3.67. The van der Waals surface area contributed by atoms with Crippen LogP contribution >= 0.6 is 0 Å². The second kappa shape index (κ2) is 6.65. The molecule has 0 saturated heterocycles. The van der Waals surface area contributed by atoms with Crippen LogP contribution in [0.25, 0.3) is 0 Å². The number of carbonyl (C=O) groups excluding carboxylic acids is 1. The first-order valence-electron chi connectivity index (χ1n) is 6.47. The molecule has 2 rings (SSSR count). The van der Waals surface area contributed by atoms with Gasteiger partial charge in [0.2, 0.25) is 0 Å². The molecule has 1 heterocycles. The number of amides is 1. The van der Waals surface area contributed by atoms with Crippen molar-refractivity contribution in [3.05, 3.63) is 59.4 Å². The maximum Gasteiger partial charge on any atom is 0.265 e. The summed E-state index contributed by atoms with van der Waals surface area (Å²) in [4.78, 5) is 16.0. The van der Waals surface area contributed by atoms with Crippen LogP contribution in [0.5, 0.6) is 0 Å². The lowest BCUT2D eigenvalue weighted by molar-refractivity contribution is 0.0981. The van der Waals surface area contributed by atoms with Crippen LogP contribution in [0.2, 0.25) is 0 Å². The van der Waals surface area contributed by atoms with E-state index in [2.05, 4.69) is 4.98 Å². The Bertz CT molecular complexity index is 773. The Morgan fingerprint density at radius 3 is 2.36 bits per heavy atom. The van der Waals surface area contributed by atoms with E-state index in [-0.39, 0.29) is 17.0 Å². The Morgan fingerprint density at radius 2 is 1.77 bits per heavy atom. The normalized spacial score (nSPS) is 11.2. The first kappa shape index (κ1) is 16.1. The lowest BCUT2D eigenvalue weighted by Crippen LogP contribution is -2.30. The highest BCUT2D eigenvalue weighted by atomic mass is 32.2. The highest BCUT2D eigenvalue weighted by Crippen LogP contribution is 2.11. The topological polar surface area (TPSA) is 128 Å². The molecule has 0 saturated carbocycles. The van der Waals surface area contributed by atoms with Gasteiger partial charge in [-0.2, -0.15) is 0 Å². The molecule has 8 heteroatoms. The van der Waals surface area contributed by atoms with Gasteiger partial charge in [-0.3, -0.25) is 9.78 Å². The molecule has 0 aliphatic heterocycles. The average Bonchev–Trinajstić information content (AvgIpc) is 2.54. The number of hydrogen-bond acceptors (Lipinski definition) is 6. The summed E-state index contributed by atoms with van der Waals surface area (Å²) in [6.07, 6.45) is 1.40. The van der Waals surface area contributed by atoms with Gasteiger partial charge in [0.1, 0.15) is 0 Å². The van der Waals surface area contributed by atoms with E-state index < -0.39 is 15.9 Å². The minimum absolute atomic E-state index is 0.00819. The zero-order valence-corrected chi connectivity index (χ0v) is 12.5. The van der Waals surface area contributed by atoms with E-state index >= 15 is 0 Å². The van der Waals surface area contributed by atoms with Gasteiger partial charge in [-0.1, -0.05) is 12.1 Å². The number of rotatable bonds is 5. The number of nitrogens with zero attached hydrogens (tertiary/aromatic N) is 1. The summed E-state index contributed by atoms with van der Waals surface area (Å²) in [6.45, 7) is 0.472. The SMILES string of the molecule is NCc1ccc(S(=O)(=O)NC(=O)c2ccnc(CN)c2)cc1. The van der Waals surface area contributed by atoms with Crippen LogP contribution in [0.15, 0.2) is 47.5 Å². The minimum atomic E-state index is -3.94. The number of nitrogens with two attached hydrogens (primary N) is 2. The van der Waals surface area contributed by atoms with Gasteiger partial charge in [0.15, 0.2) is 0 Å². The van der Waals surface area contributed by atoms with Crippen LogP contribution < -0.4 is 16.2 Å². The first-order chi connectivity index (χ1) is 10.5. The van der Waals surface area contributed by atoms with Crippen molar-refractivity contribution in [1.82, 2.24) is 9.71 Å². The van der Waals surface area contributed by atoms with Crippen molar-refractivity contribution in [3.63, 3.8) is 0 Å². The third-order valence-electron chi connectivity index (χ3n) is 2.98. The molecule has 1 aromatic heterocycles. The van der Waals surface area contributed by atoms with Crippen LogP contribution in [-0.2, 0) is 23.1 Å². The van der Waals surface area contributed by atoms with Gasteiger partial charge in [0.05, 0.1) is 10.6 Å². The lowest BCUT2D eigenvalue weighted by Gasteiger charge is -2.08. The van der Waals surface area contributed by atoms with E-state index in [4.69, 9.17) is 11.5 Å². The van der Waals surface area contributed by atoms with Gasteiger partial charge in [-0.15, -0.1) is 0 Å². The molecule has 0 spiro atoms. The number of hydrogen-bond donors (Lipinski definition) is 3. The summed E-state index contributed by atoms with van der Waals surface area (Å²) >= 11 is 0. The van der Waals surface area contributed by atoms with E-state index in [1.807, 2.05) is 4.72 Å². The fourth-order valence-corrected chi connectivity index (χ4v) is 2.75. The molecule has 0 atom stereocenters. The summed E-state index contributed by atoms with van der Waals surface area (Å²) in [6, 6.07) is 8.85. The Kier molecular flexibility index (Phi) is 4.86. The fourth-order valence-electron chi connectivity index (χ4n) is 1.78. The second-order valence-electron chi connectivity index (χ2n) is 4.52. The summed E-state index contributed by atoms with van der Waals surface area (Å²) < 4.78 is 26.3. The quantitative estimate of drug-likeness (QED) is 0.717. The van der Waals surface area contributed by atoms with Gasteiger partial charge in [0.25, 0.3) is 15.9 Å². The molecular weight excluding hydrogens is 304 g/mol. The van der Waals surface area contributed by atoms with Gasteiger partial charge in [0, 0.05) is 24.8 Å². The number of aromatic nitrogens is 1. The molecular formula is C14H16N4O3S. The molecule has 7 nitrogen and oxygen atoms in total. The van der Waals surface area contributed by atoms with Gasteiger partial charge in [-0.05, 0) is 29.8 Å². The number of pyridine rings is 1. The third-order valence-corrected chi connectivity index (χ3v) is 4.33. The van der Waals surface area contributed by atoms with Crippen molar-refractivity contribution in [3.8, 4) is 0 Å². The van der Waals surface area contributed by atoms with Crippen LogP contribution in [0.3, 0.4) is 0 Å². The van der Waals surface area contributed by atoms with Crippen LogP contribution in [0, 0.1) is 0 Å². The van der Waals surface area contributed by atoms with Crippen molar-refractivity contribution in [2.75, 3.05) is 0 Å². The van der Waals surface area contributed by atoms with Crippen molar-refractivity contribution >= 4 is 15.9 Å². The zero-order chi connectivity index (χ0) is 16.2. The fraction of sp³-hybridized carbons (Fsp3) is 0.143. The van der Waals surface area contributed by atoms with Crippen LogP contribution in [0.4, 0.5) is 0 Å². The molecule has 0 radical (unpaired) electrons. The van der Waals surface area contributed by atoms with Crippen molar-refractivity contribution < 1.29 is 13.2 Å². The van der Waals surface area contributed by atoms with E-state index in [0.29, 0.717) is 12.2 Å². The highest BCUT2D eigenvalue weighted by Gasteiger charge is 2.18. The number of carbonyl (C=O) groups is 1. The summed E-state index contributed by atoms with van der Waals surface area (Å²) in [7, 11) is -3.94. The molecule has 0 unspecified atom stereocenters. The lowest BCUT2D eigenvalue weighted by atomic mass is 10.2. The minimum Gasteiger partial charge on any atom is -0.326 e. The summed E-state index contributed by atoms with van der Waals surface area (Å²) in [5.41, 5.74) is 12.4. The first-order valence-corrected chi connectivity index (χ1v) is 7.96. The number of nitrogens with one attached hydrogen (secondary N) is 1. The summed E-state index contributed by atoms with van der Waals surface area (Å²) in [5.74, 6) is -0.736. The number of benzene rings is 1. The summed E-state index contributed by atoms with van der Waals surface area (Å²) in [5, 5.41) is 0. The maximum absolute atomic E-state index is 12.2. The standard InChI is InChI=1S/C14H16N4O3S/c15-8-10-1-3-13(4-2-10)22(20,21)18-14(19)11-5-6-17-12(7-11)9-16/h1-7H,8-9,15-16H2,(H,18,19). The maximum atomic E-state index is 12.2. The Labute approximate surface area is 128 Å².